The van der Waals surface area contributed by atoms with Crippen molar-refractivity contribution in [2.45, 2.75) is 31.5 Å². The van der Waals surface area contributed by atoms with Gasteiger partial charge in [-0.15, -0.1) is 0 Å². The molecule has 0 aromatic carbocycles. The Kier molecular flexibility index (Phi) is 6.32. The Morgan fingerprint density at radius 3 is 2.69 bits per heavy atom. The maximum Gasteiger partial charge on any atom is 0.417 e. The van der Waals surface area contributed by atoms with E-state index in [1.54, 1.807) is 19.1 Å². The largest absolute Gasteiger partial charge is 0.460 e. The van der Waals surface area contributed by atoms with Gasteiger partial charge in [-0.2, -0.15) is 18.4 Å². The quantitative estimate of drug-likeness (QED) is 0.758. The summed E-state index contributed by atoms with van der Waals surface area (Å²) < 4.78 is 45.5. The van der Waals surface area contributed by atoms with Gasteiger partial charge in [-0.3, -0.25) is 4.79 Å². The van der Waals surface area contributed by atoms with Crippen molar-refractivity contribution in [3.05, 3.63) is 35.1 Å². The van der Waals surface area contributed by atoms with E-state index in [0.717, 1.165) is 24.2 Å². The van der Waals surface area contributed by atoms with E-state index in [2.05, 4.69) is 10.3 Å². The molecule has 2 aromatic heterocycles. The number of hydrogen-bond acceptors (Lipinski definition) is 5. The Morgan fingerprint density at radius 2 is 2.15 bits per heavy atom. The Bertz CT molecular complexity index is 841. The minimum absolute atomic E-state index is 0.0408. The molecule has 1 amide bonds. The van der Waals surface area contributed by atoms with Gasteiger partial charge in [0.1, 0.15) is 22.5 Å². The molecule has 138 valence electrons. The summed E-state index contributed by atoms with van der Waals surface area (Å²) in [6, 6.07) is 5.46. The van der Waals surface area contributed by atoms with Crippen molar-refractivity contribution in [2.24, 2.45) is 0 Å². The van der Waals surface area contributed by atoms with Crippen LogP contribution in [0.3, 0.4) is 0 Å². The van der Waals surface area contributed by atoms with Crippen LogP contribution in [0, 0.1) is 18.3 Å². The Hall–Kier alpha value is -2.47. The average Bonchev–Trinajstić information content (AvgIpc) is 3.02. The van der Waals surface area contributed by atoms with E-state index in [1.165, 1.54) is 6.07 Å². The van der Waals surface area contributed by atoms with Crippen LogP contribution in [0.2, 0.25) is 0 Å². The van der Waals surface area contributed by atoms with Gasteiger partial charge in [-0.25, -0.2) is 4.98 Å². The van der Waals surface area contributed by atoms with Crippen LogP contribution in [0.25, 0.3) is 11.5 Å². The number of furan rings is 1. The molecular weight excluding hydrogens is 367 g/mol. The van der Waals surface area contributed by atoms with Crippen molar-refractivity contribution < 1.29 is 22.4 Å². The highest BCUT2D eigenvalue weighted by Crippen LogP contribution is 2.38. The van der Waals surface area contributed by atoms with Crippen LogP contribution >= 0.6 is 11.8 Å². The second-order valence-corrected chi connectivity index (χ2v) is 6.36. The normalized spacial score (nSPS) is 11.2. The summed E-state index contributed by atoms with van der Waals surface area (Å²) in [6.07, 6.45) is -3.99. The Balaban J connectivity index is 2.44. The van der Waals surface area contributed by atoms with Gasteiger partial charge in [0.2, 0.25) is 5.91 Å². The van der Waals surface area contributed by atoms with Gasteiger partial charge >= 0.3 is 6.18 Å². The number of alkyl halides is 3. The third kappa shape index (κ3) is 4.79. The number of aryl methyl sites for hydroxylation is 1. The summed E-state index contributed by atoms with van der Waals surface area (Å²) in [5.74, 6) is 0.206. The highest BCUT2D eigenvalue weighted by Gasteiger charge is 2.36. The van der Waals surface area contributed by atoms with Gasteiger partial charge < -0.3 is 9.73 Å². The van der Waals surface area contributed by atoms with Crippen molar-refractivity contribution in [1.82, 2.24) is 10.3 Å². The lowest BCUT2D eigenvalue weighted by Crippen LogP contribution is -2.25. The summed E-state index contributed by atoms with van der Waals surface area (Å²) >= 11 is 0.789. The predicted molar refractivity (Wildman–Crippen MR) is 90.4 cm³/mol. The van der Waals surface area contributed by atoms with Crippen LogP contribution in [-0.2, 0) is 11.0 Å². The van der Waals surface area contributed by atoms with Gasteiger partial charge in [-0.1, -0.05) is 18.7 Å². The number of thioether (sulfide) groups is 1. The molecule has 2 aromatic rings. The number of carbonyl (C=O) groups is 1. The van der Waals surface area contributed by atoms with Crippen LogP contribution in [0.1, 0.15) is 30.2 Å². The number of pyridine rings is 1. The zero-order valence-corrected chi connectivity index (χ0v) is 14.9. The summed E-state index contributed by atoms with van der Waals surface area (Å²) in [5, 5.41) is 11.7. The zero-order valence-electron chi connectivity index (χ0n) is 14.1. The van der Waals surface area contributed by atoms with Crippen molar-refractivity contribution in [3.8, 4) is 17.5 Å². The molecule has 0 fully saturated rings. The molecule has 0 atom stereocenters. The molecule has 1 N–H and O–H groups in total. The van der Waals surface area contributed by atoms with E-state index in [9.17, 15) is 23.2 Å². The van der Waals surface area contributed by atoms with E-state index in [0.29, 0.717) is 12.3 Å². The number of hydrogen-bond donors (Lipinski definition) is 1. The highest BCUT2D eigenvalue weighted by atomic mass is 32.2. The average molecular weight is 383 g/mol. The first-order valence-electron chi connectivity index (χ1n) is 7.75. The molecule has 0 spiro atoms. The smallest absolute Gasteiger partial charge is 0.417 e. The second kappa shape index (κ2) is 8.27. The molecular formula is C17H16F3N3O2S. The molecule has 0 bridgehead atoms. The van der Waals surface area contributed by atoms with Crippen LogP contribution < -0.4 is 5.32 Å². The second-order valence-electron chi connectivity index (χ2n) is 5.39. The molecule has 2 rings (SSSR count). The Labute approximate surface area is 152 Å². The van der Waals surface area contributed by atoms with Crippen LogP contribution in [-0.4, -0.2) is 23.2 Å². The summed E-state index contributed by atoms with van der Waals surface area (Å²) in [4.78, 5) is 15.9. The predicted octanol–water partition coefficient (Wildman–Crippen LogP) is 4.16. The van der Waals surface area contributed by atoms with Crippen molar-refractivity contribution in [2.75, 3.05) is 12.3 Å². The van der Waals surface area contributed by atoms with Gasteiger partial charge in [-0.05, 0) is 31.5 Å². The molecule has 26 heavy (non-hydrogen) atoms. The number of rotatable bonds is 6. The zero-order chi connectivity index (χ0) is 19.3. The molecule has 0 aliphatic carbocycles. The van der Waals surface area contributed by atoms with Gasteiger partial charge in [0.25, 0.3) is 0 Å². The van der Waals surface area contributed by atoms with E-state index in [-0.39, 0.29) is 28.1 Å². The van der Waals surface area contributed by atoms with Crippen LogP contribution in [0.4, 0.5) is 13.2 Å². The summed E-state index contributed by atoms with van der Waals surface area (Å²) in [6.45, 7) is 4.01. The lowest BCUT2D eigenvalue weighted by Gasteiger charge is -2.13. The first-order chi connectivity index (χ1) is 12.3. The number of halogens is 3. The lowest BCUT2D eigenvalue weighted by atomic mass is 10.1. The van der Waals surface area contributed by atoms with E-state index >= 15 is 0 Å². The summed E-state index contributed by atoms with van der Waals surface area (Å²) in [5.41, 5.74) is -1.74. The number of amides is 1. The molecule has 0 aliphatic heterocycles. The third-order valence-corrected chi connectivity index (χ3v) is 4.28. The molecule has 0 saturated heterocycles. The lowest BCUT2D eigenvalue weighted by molar-refractivity contribution is -0.138. The molecule has 0 aliphatic rings. The molecule has 9 heteroatoms. The number of nitriles is 1. The maximum absolute atomic E-state index is 13.4. The first-order valence-corrected chi connectivity index (χ1v) is 8.73. The molecule has 0 unspecified atom stereocenters. The number of aromatic nitrogens is 1. The van der Waals surface area contributed by atoms with E-state index in [1.807, 2.05) is 6.92 Å². The minimum atomic E-state index is -4.73. The van der Waals surface area contributed by atoms with Crippen molar-refractivity contribution in [3.63, 3.8) is 0 Å². The van der Waals surface area contributed by atoms with Crippen molar-refractivity contribution >= 4 is 17.7 Å². The van der Waals surface area contributed by atoms with E-state index < -0.39 is 17.3 Å². The minimum Gasteiger partial charge on any atom is -0.460 e. The Morgan fingerprint density at radius 1 is 1.42 bits per heavy atom. The fraction of sp³-hybridized carbons (Fsp3) is 0.353. The standard InChI is InChI=1S/C17H16F3N3O2S/c1-3-6-22-15(24)9-26-16-11(8-21)12(17(18,19)20)7-13(23-16)14-5-4-10(2)25-14/h4-5,7H,3,6,9H2,1-2H3,(H,22,24). The van der Waals surface area contributed by atoms with Crippen molar-refractivity contribution in [1.29, 1.82) is 5.26 Å². The monoisotopic (exact) mass is 383 g/mol. The summed E-state index contributed by atoms with van der Waals surface area (Å²) in [7, 11) is 0. The van der Waals surface area contributed by atoms with Crippen LogP contribution in [0.5, 0.6) is 0 Å². The van der Waals surface area contributed by atoms with Gasteiger partial charge in [0, 0.05) is 6.54 Å². The molecule has 0 radical (unpaired) electrons. The van der Waals surface area contributed by atoms with Gasteiger partial charge in [0.05, 0.1) is 16.9 Å². The number of nitrogens with one attached hydrogen (secondary N) is 1. The fourth-order valence-electron chi connectivity index (χ4n) is 2.11. The molecule has 0 saturated carbocycles. The fourth-order valence-corrected chi connectivity index (χ4v) is 2.94. The third-order valence-electron chi connectivity index (χ3n) is 3.31. The first kappa shape index (κ1) is 19.8. The van der Waals surface area contributed by atoms with Crippen LogP contribution in [0.15, 0.2) is 27.6 Å². The highest BCUT2D eigenvalue weighted by molar-refractivity contribution is 8.00. The topological polar surface area (TPSA) is 78.9 Å². The number of nitrogens with zero attached hydrogens (tertiary/aromatic N) is 2. The molecule has 5 nitrogen and oxygen atoms in total. The van der Waals surface area contributed by atoms with Gasteiger partial charge in [0.15, 0.2) is 5.76 Å². The SMILES string of the molecule is CCCNC(=O)CSc1nc(-c2ccc(C)o2)cc(C(F)(F)F)c1C#N. The molecule has 2 heterocycles. The van der Waals surface area contributed by atoms with E-state index in [4.69, 9.17) is 4.42 Å². The number of carbonyl (C=O) groups excluding carboxylic acids is 1. The maximum atomic E-state index is 13.4.